The molecule has 1 aromatic carbocycles. The summed E-state index contributed by atoms with van der Waals surface area (Å²) in [5.41, 5.74) is 6.57. The van der Waals surface area contributed by atoms with E-state index in [9.17, 15) is 0 Å². The molecule has 4 nitrogen and oxygen atoms in total. The van der Waals surface area contributed by atoms with Crippen molar-refractivity contribution in [2.24, 2.45) is 10.7 Å². The van der Waals surface area contributed by atoms with E-state index in [2.05, 4.69) is 16.2 Å². The summed E-state index contributed by atoms with van der Waals surface area (Å²) in [5.74, 6) is 3.62. The van der Waals surface area contributed by atoms with Gasteiger partial charge in [0.2, 0.25) is 0 Å². The van der Waals surface area contributed by atoms with Crippen LogP contribution in [-0.4, -0.2) is 19.1 Å². The van der Waals surface area contributed by atoms with Crippen molar-refractivity contribution in [3.8, 4) is 18.1 Å². The predicted octanol–water partition coefficient (Wildman–Crippen LogP) is 1.83. The van der Waals surface area contributed by atoms with Gasteiger partial charge in [-0.15, -0.1) is 6.42 Å². The number of rotatable bonds is 4. The molecule has 0 saturated heterocycles. The van der Waals surface area contributed by atoms with E-state index in [-0.39, 0.29) is 6.04 Å². The number of nitrogens with one attached hydrogen (secondary N) is 1. The maximum absolute atomic E-state index is 5.75. The summed E-state index contributed by atoms with van der Waals surface area (Å²) < 4.78 is 5.11. The summed E-state index contributed by atoms with van der Waals surface area (Å²) in [6.07, 6.45) is 6.07. The van der Waals surface area contributed by atoms with Crippen molar-refractivity contribution >= 4 is 11.6 Å². The molecule has 3 N–H and O–H groups in total. The van der Waals surface area contributed by atoms with Gasteiger partial charge in [0, 0.05) is 11.8 Å². The molecule has 0 amide bonds. The summed E-state index contributed by atoms with van der Waals surface area (Å²) in [5, 5.41) is 2.97. The zero-order valence-corrected chi connectivity index (χ0v) is 10.1. The lowest BCUT2D eigenvalue weighted by Crippen LogP contribution is -2.24. The molecule has 4 heteroatoms. The van der Waals surface area contributed by atoms with Gasteiger partial charge in [0.25, 0.3) is 0 Å². The van der Waals surface area contributed by atoms with Crippen molar-refractivity contribution in [1.29, 1.82) is 0 Å². The highest BCUT2D eigenvalue weighted by atomic mass is 16.5. The highest BCUT2D eigenvalue weighted by Crippen LogP contribution is 2.16. The maximum Gasteiger partial charge on any atom is 0.194 e. The van der Waals surface area contributed by atoms with Crippen molar-refractivity contribution in [1.82, 2.24) is 0 Å². The fraction of sp³-hybridized carbons (Fsp3) is 0.308. The third kappa shape index (κ3) is 4.07. The molecule has 1 rings (SSSR count). The van der Waals surface area contributed by atoms with Crippen LogP contribution in [0, 0.1) is 12.3 Å². The number of ether oxygens (including phenoxy) is 1. The third-order valence-electron chi connectivity index (χ3n) is 2.22. The molecule has 0 radical (unpaired) electrons. The SMILES string of the molecule is C#CC(CC)N=C(N)Nc1cccc(OC)c1. The van der Waals surface area contributed by atoms with Crippen LogP contribution < -0.4 is 15.8 Å². The molecule has 0 heterocycles. The Morgan fingerprint density at radius 2 is 2.41 bits per heavy atom. The maximum atomic E-state index is 5.75. The van der Waals surface area contributed by atoms with Crippen molar-refractivity contribution in [2.45, 2.75) is 19.4 Å². The van der Waals surface area contributed by atoms with Crippen LogP contribution in [0.15, 0.2) is 29.3 Å². The van der Waals surface area contributed by atoms with Crippen LogP contribution in [0.4, 0.5) is 5.69 Å². The Balaban J connectivity index is 2.73. The number of guanidine groups is 1. The minimum atomic E-state index is -0.187. The molecule has 17 heavy (non-hydrogen) atoms. The summed E-state index contributed by atoms with van der Waals surface area (Å²) >= 11 is 0. The summed E-state index contributed by atoms with van der Waals surface area (Å²) in [7, 11) is 1.61. The average molecular weight is 231 g/mol. The van der Waals surface area contributed by atoms with Gasteiger partial charge in [0.15, 0.2) is 5.96 Å². The van der Waals surface area contributed by atoms with E-state index in [4.69, 9.17) is 16.9 Å². The molecule has 0 aliphatic rings. The number of nitrogens with zero attached hydrogens (tertiary/aromatic N) is 1. The largest absolute Gasteiger partial charge is 0.497 e. The monoisotopic (exact) mass is 231 g/mol. The van der Waals surface area contributed by atoms with Crippen LogP contribution in [0.5, 0.6) is 5.75 Å². The van der Waals surface area contributed by atoms with Gasteiger partial charge in [-0.1, -0.05) is 18.9 Å². The Kier molecular flexibility index (Phi) is 4.89. The quantitative estimate of drug-likeness (QED) is 0.472. The molecule has 0 aliphatic heterocycles. The first kappa shape index (κ1) is 12.9. The lowest BCUT2D eigenvalue weighted by Gasteiger charge is -2.09. The number of nitrogens with two attached hydrogens (primary N) is 1. The van der Waals surface area contributed by atoms with Gasteiger partial charge in [0.05, 0.1) is 7.11 Å². The fourth-order valence-electron chi connectivity index (χ4n) is 1.30. The summed E-state index contributed by atoms with van der Waals surface area (Å²) in [6, 6.07) is 7.25. The Morgan fingerprint density at radius 1 is 1.65 bits per heavy atom. The topological polar surface area (TPSA) is 59.6 Å². The van der Waals surface area contributed by atoms with E-state index < -0.39 is 0 Å². The Labute approximate surface area is 102 Å². The minimum absolute atomic E-state index is 0.187. The first-order valence-electron chi connectivity index (χ1n) is 5.40. The van der Waals surface area contributed by atoms with Crippen molar-refractivity contribution < 1.29 is 4.74 Å². The first-order chi connectivity index (χ1) is 8.19. The second-order valence-electron chi connectivity index (χ2n) is 3.46. The van der Waals surface area contributed by atoms with Gasteiger partial charge in [-0.2, -0.15) is 0 Å². The predicted molar refractivity (Wildman–Crippen MR) is 71.2 cm³/mol. The van der Waals surface area contributed by atoms with Gasteiger partial charge in [0.1, 0.15) is 11.8 Å². The number of anilines is 1. The fourth-order valence-corrected chi connectivity index (χ4v) is 1.30. The second kappa shape index (κ2) is 6.44. The average Bonchev–Trinajstić information content (AvgIpc) is 2.36. The number of methoxy groups -OCH3 is 1. The molecule has 1 unspecified atom stereocenters. The molecule has 0 aliphatic carbocycles. The van der Waals surface area contributed by atoms with E-state index in [1.165, 1.54) is 0 Å². The number of benzene rings is 1. The molecule has 0 spiro atoms. The van der Waals surface area contributed by atoms with Crippen LogP contribution in [-0.2, 0) is 0 Å². The van der Waals surface area contributed by atoms with Crippen molar-refractivity contribution in [3.63, 3.8) is 0 Å². The molecule has 0 saturated carbocycles. The minimum Gasteiger partial charge on any atom is -0.497 e. The van der Waals surface area contributed by atoms with Crippen LogP contribution in [0.3, 0.4) is 0 Å². The van der Waals surface area contributed by atoms with Crippen LogP contribution in [0.2, 0.25) is 0 Å². The lowest BCUT2D eigenvalue weighted by molar-refractivity contribution is 0.415. The highest BCUT2D eigenvalue weighted by Gasteiger charge is 2.01. The van der Waals surface area contributed by atoms with Gasteiger partial charge in [-0.05, 0) is 18.6 Å². The molecule has 0 aromatic heterocycles. The van der Waals surface area contributed by atoms with Crippen LogP contribution in [0.1, 0.15) is 13.3 Å². The Morgan fingerprint density at radius 3 is 3.00 bits per heavy atom. The number of hydrogen-bond acceptors (Lipinski definition) is 2. The zero-order chi connectivity index (χ0) is 12.7. The smallest absolute Gasteiger partial charge is 0.194 e. The van der Waals surface area contributed by atoms with Crippen LogP contribution in [0.25, 0.3) is 0 Å². The molecular formula is C13H17N3O. The normalized spacial score (nSPS) is 12.6. The van der Waals surface area contributed by atoms with Gasteiger partial charge in [-0.3, -0.25) is 0 Å². The summed E-state index contributed by atoms with van der Waals surface area (Å²) in [4.78, 5) is 4.17. The molecule has 0 fully saturated rings. The molecule has 1 atom stereocenters. The standard InChI is InChI=1S/C13H17N3O/c1-4-10(5-2)15-13(14)16-11-7-6-8-12(9-11)17-3/h1,6-10H,5H2,2-3H3,(H3,14,15,16). The van der Waals surface area contributed by atoms with Gasteiger partial charge >= 0.3 is 0 Å². The van der Waals surface area contributed by atoms with E-state index in [1.807, 2.05) is 31.2 Å². The number of aliphatic imine (C=N–C) groups is 1. The third-order valence-corrected chi connectivity index (χ3v) is 2.22. The molecule has 90 valence electrons. The first-order valence-corrected chi connectivity index (χ1v) is 5.40. The van der Waals surface area contributed by atoms with Crippen molar-refractivity contribution in [2.75, 3.05) is 12.4 Å². The second-order valence-corrected chi connectivity index (χ2v) is 3.46. The van der Waals surface area contributed by atoms with Crippen LogP contribution >= 0.6 is 0 Å². The number of hydrogen-bond donors (Lipinski definition) is 2. The zero-order valence-electron chi connectivity index (χ0n) is 10.1. The number of terminal acetylenes is 1. The molecular weight excluding hydrogens is 214 g/mol. The molecule has 0 bridgehead atoms. The Hall–Kier alpha value is -2.15. The highest BCUT2D eigenvalue weighted by molar-refractivity contribution is 5.92. The van der Waals surface area contributed by atoms with Crippen molar-refractivity contribution in [3.05, 3.63) is 24.3 Å². The van der Waals surface area contributed by atoms with E-state index in [1.54, 1.807) is 7.11 Å². The Bertz CT molecular complexity index is 435. The van der Waals surface area contributed by atoms with E-state index >= 15 is 0 Å². The molecule has 1 aromatic rings. The van der Waals surface area contributed by atoms with Gasteiger partial charge in [-0.25, -0.2) is 4.99 Å². The van der Waals surface area contributed by atoms with E-state index in [0.717, 1.165) is 17.9 Å². The summed E-state index contributed by atoms with van der Waals surface area (Å²) in [6.45, 7) is 1.97. The van der Waals surface area contributed by atoms with Gasteiger partial charge < -0.3 is 15.8 Å². The van der Waals surface area contributed by atoms with E-state index in [0.29, 0.717) is 5.96 Å². The lowest BCUT2D eigenvalue weighted by atomic mass is 10.2.